The van der Waals surface area contributed by atoms with Crippen LogP contribution in [0, 0.1) is 0 Å². The van der Waals surface area contributed by atoms with E-state index < -0.39 is 0 Å². The standard InChI is InChI=1S/C19H27N3O2/c20-18(21-12-15-13-23-19(24-15)10-3-4-11-19)22-17-9-5-7-14-6-1-2-8-16(14)17/h5,7,9,15H,1-4,6,8,10-13H2,(H3,20,21,22). The van der Waals surface area contributed by atoms with Crippen LogP contribution in [0.25, 0.3) is 0 Å². The highest BCUT2D eigenvalue weighted by molar-refractivity contribution is 5.93. The second-order valence-corrected chi connectivity index (χ2v) is 7.17. The summed E-state index contributed by atoms with van der Waals surface area (Å²) in [6, 6.07) is 6.41. The van der Waals surface area contributed by atoms with Gasteiger partial charge in [-0.2, -0.15) is 0 Å². The summed E-state index contributed by atoms with van der Waals surface area (Å²) >= 11 is 0. The fourth-order valence-electron chi connectivity index (χ4n) is 4.16. The summed E-state index contributed by atoms with van der Waals surface area (Å²) in [6.45, 7) is 1.17. The van der Waals surface area contributed by atoms with Gasteiger partial charge in [0.1, 0.15) is 6.10 Å². The molecule has 0 bridgehead atoms. The number of benzene rings is 1. The number of nitrogens with zero attached hydrogens (tertiary/aromatic N) is 1. The molecule has 0 amide bonds. The molecular weight excluding hydrogens is 302 g/mol. The molecule has 1 aromatic rings. The highest BCUT2D eigenvalue weighted by Crippen LogP contribution is 2.39. The summed E-state index contributed by atoms with van der Waals surface area (Å²) in [4.78, 5) is 4.48. The van der Waals surface area contributed by atoms with E-state index in [2.05, 4.69) is 28.5 Å². The fourth-order valence-corrected chi connectivity index (χ4v) is 4.16. The maximum atomic E-state index is 6.10. The van der Waals surface area contributed by atoms with Gasteiger partial charge in [-0.15, -0.1) is 0 Å². The number of guanidine groups is 1. The molecule has 1 aromatic carbocycles. The molecule has 1 aliphatic heterocycles. The van der Waals surface area contributed by atoms with Gasteiger partial charge >= 0.3 is 0 Å². The number of fused-ring (bicyclic) bond motifs is 1. The van der Waals surface area contributed by atoms with Crippen LogP contribution in [0.4, 0.5) is 5.69 Å². The molecule has 24 heavy (non-hydrogen) atoms. The van der Waals surface area contributed by atoms with Crippen molar-refractivity contribution in [1.82, 2.24) is 0 Å². The predicted octanol–water partition coefficient (Wildman–Crippen LogP) is 2.98. The highest BCUT2D eigenvalue weighted by atomic mass is 16.7. The van der Waals surface area contributed by atoms with E-state index in [4.69, 9.17) is 15.2 Å². The minimum Gasteiger partial charge on any atom is -0.370 e. The van der Waals surface area contributed by atoms with Gasteiger partial charge in [-0.3, -0.25) is 4.99 Å². The van der Waals surface area contributed by atoms with Crippen molar-refractivity contribution in [3.63, 3.8) is 0 Å². The number of nitrogens with two attached hydrogens (primary N) is 1. The summed E-state index contributed by atoms with van der Waals surface area (Å²) in [7, 11) is 0. The lowest BCUT2D eigenvalue weighted by atomic mass is 9.90. The largest absolute Gasteiger partial charge is 0.370 e. The van der Waals surface area contributed by atoms with Crippen LogP contribution in [-0.4, -0.2) is 31.0 Å². The number of hydrogen-bond donors (Lipinski definition) is 2. The zero-order valence-electron chi connectivity index (χ0n) is 14.2. The molecule has 3 N–H and O–H groups in total. The zero-order valence-corrected chi connectivity index (χ0v) is 14.2. The van der Waals surface area contributed by atoms with E-state index in [1.54, 1.807) is 0 Å². The molecule has 1 heterocycles. The van der Waals surface area contributed by atoms with E-state index in [0.717, 1.165) is 31.4 Å². The summed E-state index contributed by atoms with van der Waals surface area (Å²) in [5.74, 6) is 0.144. The van der Waals surface area contributed by atoms with Crippen molar-refractivity contribution in [2.45, 2.75) is 63.3 Å². The summed E-state index contributed by atoms with van der Waals surface area (Å²) in [5.41, 5.74) is 10.0. The molecule has 5 nitrogen and oxygen atoms in total. The van der Waals surface area contributed by atoms with Gasteiger partial charge in [-0.05, 0) is 55.7 Å². The minimum atomic E-state index is -0.319. The molecule has 1 spiro atoms. The van der Waals surface area contributed by atoms with Crippen LogP contribution in [0.2, 0.25) is 0 Å². The predicted molar refractivity (Wildman–Crippen MR) is 95.2 cm³/mol. The lowest BCUT2D eigenvalue weighted by molar-refractivity contribution is -0.160. The number of nitrogens with one attached hydrogen (secondary N) is 1. The van der Waals surface area contributed by atoms with Crippen LogP contribution in [-0.2, 0) is 22.3 Å². The summed E-state index contributed by atoms with van der Waals surface area (Å²) < 4.78 is 12.0. The topological polar surface area (TPSA) is 68.9 Å². The van der Waals surface area contributed by atoms with Crippen LogP contribution in [0.3, 0.4) is 0 Å². The Labute approximate surface area is 143 Å². The maximum absolute atomic E-state index is 6.10. The number of rotatable bonds is 3. The van der Waals surface area contributed by atoms with Gasteiger partial charge in [0.15, 0.2) is 11.7 Å². The first kappa shape index (κ1) is 15.9. The van der Waals surface area contributed by atoms with Crippen molar-refractivity contribution >= 4 is 11.6 Å². The molecule has 3 aliphatic rings. The second-order valence-electron chi connectivity index (χ2n) is 7.17. The molecule has 4 rings (SSSR count). The first-order valence-electron chi connectivity index (χ1n) is 9.24. The smallest absolute Gasteiger partial charge is 0.193 e. The van der Waals surface area contributed by atoms with Crippen molar-refractivity contribution in [3.05, 3.63) is 29.3 Å². The molecular formula is C19H27N3O2. The van der Waals surface area contributed by atoms with Crippen molar-refractivity contribution < 1.29 is 9.47 Å². The lowest BCUT2D eigenvalue weighted by Crippen LogP contribution is -2.29. The summed E-state index contributed by atoms with van der Waals surface area (Å²) in [6.07, 6.45) is 9.24. The van der Waals surface area contributed by atoms with Crippen molar-refractivity contribution in [3.8, 4) is 0 Å². The van der Waals surface area contributed by atoms with E-state index >= 15 is 0 Å². The number of aryl methyl sites for hydroxylation is 1. The average molecular weight is 329 g/mol. The van der Waals surface area contributed by atoms with Crippen LogP contribution in [0.1, 0.15) is 49.7 Å². The number of aliphatic imine (C=N–C) groups is 1. The van der Waals surface area contributed by atoms with E-state index in [-0.39, 0.29) is 11.9 Å². The third-order valence-corrected chi connectivity index (χ3v) is 5.40. The van der Waals surface area contributed by atoms with Crippen molar-refractivity contribution in [2.75, 3.05) is 18.5 Å². The SMILES string of the molecule is NC(=NCC1COC2(CCCC2)O1)Nc1cccc2c1CCCC2. The Bertz CT molecular complexity index is 623. The molecule has 0 radical (unpaired) electrons. The Morgan fingerprint density at radius 1 is 1.21 bits per heavy atom. The molecule has 130 valence electrons. The van der Waals surface area contributed by atoms with Gasteiger partial charge in [-0.25, -0.2) is 0 Å². The average Bonchev–Trinajstić information content (AvgIpc) is 3.23. The molecule has 2 aliphatic carbocycles. The van der Waals surface area contributed by atoms with Crippen LogP contribution >= 0.6 is 0 Å². The molecule has 1 unspecified atom stereocenters. The quantitative estimate of drug-likeness (QED) is 0.661. The highest BCUT2D eigenvalue weighted by Gasteiger charge is 2.43. The Balaban J connectivity index is 1.36. The van der Waals surface area contributed by atoms with Gasteiger partial charge in [0.05, 0.1) is 13.2 Å². The van der Waals surface area contributed by atoms with E-state index in [9.17, 15) is 0 Å². The van der Waals surface area contributed by atoms with E-state index in [1.807, 2.05) is 0 Å². The van der Waals surface area contributed by atoms with Gasteiger partial charge in [-0.1, -0.05) is 12.1 Å². The fraction of sp³-hybridized carbons (Fsp3) is 0.632. The molecule has 1 saturated heterocycles. The first-order valence-corrected chi connectivity index (χ1v) is 9.24. The van der Waals surface area contributed by atoms with Gasteiger partial charge in [0.25, 0.3) is 0 Å². The van der Waals surface area contributed by atoms with Gasteiger partial charge in [0, 0.05) is 18.5 Å². The van der Waals surface area contributed by atoms with Crippen molar-refractivity contribution in [1.29, 1.82) is 0 Å². The Morgan fingerprint density at radius 2 is 2.04 bits per heavy atom. The van der Waals surface area contributed by atoms with Crippen molar-refractivity contribution in [2.24, 2.45) is 10.7 Å². The summed E-state index contributed by atoms with van der Waals surface area (Å²) in [5, 5.41) is 3.29. The third-order valence-electron chi connectivity index (χ3n) is 5.40. The molecule has 1 saturated carbocycles. The molecule has 1 atom stereocenters. The van der Waals surface area contributed by atoms with Crippen LogP contribution < -0.4 is 11.1 Å². The molecule has 0 aromatic heterocycles. The third kappa shape index (κ3) is 3.28. The lowest BCUT2D eigenvalue weighted by Gasteiger charge is -2.21. The normalized spacial score (nSPS) is 25.8. The number of anilines is 1. The first-order chi connectivity index (χ1) is 11.7. The Morgan fingerprint density at radius 3 is 2.92 bits per heavy atom. The van der Waals surface area contributed by atoms with Crippen LogP contribution in [0.5, 0.6) is 0 Å². The van der Waals surface area contributed by atoms with Gasteiger partial charge in [0.2, 0.25) is 0 Å². The second kappa shape index (κ2) is 6.73. The van der Waals surface area contributed by atoms with E-state index in [0.29, 0.717) is 19.1 Å². The van der Waals surface area contributed by atoms with Crippen LogP contribution in [0.15, 0.2) is 23.2 Å². The molecule has 2 fully saturated rings. The minimum absolute atomic E-state index is 0.0214. The number of hydrogen-bond acceptors (Lipinski definition) is 3. The Hall–Kier alpha value is -1.59. The number of ether oxygens (including phenoxy) is 2. The van der Waals surface area contributed by atoms with Gasteiger partial charge < -0.3 is 20.5 Å². The molecule has 5 heteroatoms. The maximum Gasteiger partial charge on any atom is 0.193 e. The zero-order chi connectivity index (χ0) is 16.4. The van der Waals surface area contributed by atoms with E-state index in [1.165, 1.54) is 36.8 Å². The Kier molecular flexibility index (Phi) is 4.46. The monoisotopic (exact) mass is 329 g/mol.